The van der Waals surface area contributed by atoms with Gasteiger partial charge in [0.2, 0.25) is 23.6 Å². The molecule has 0 radical (unpaired) electrons. The summed E-state index contributed by atoms with van der Waals surface area (Å²) in [6.45, 7) is 20.0. The van der Waals surface area contributed by atoms with Crippen LogP contribution in [-0.4, -0.2) is 298 Å². The van der Waals surface area contributed by atoms with E-state index in [1.807, 2.05) is 77.8 Å². The van der Waals surface area contributed by atoms with Crippen LogP contribution < -0.4 is 26.6 Å². The third kappa shape index (κ3) is 26.2. The topological polar surface area (TPSA) is 471 Å². The lowest BCUT2D eigenvalue weighted by Gasteiger charge is -2.42. The first-order valence-electron chi connectivity index (χ1n) is 48.8. The maximum atomic E-state index is 14.9. The molecular formula is C101H135N17O21. The van der Waals surface area contributed by atoms with Crippen molar-refractivity contribution in [3.8, 4) is 11.3 Å². The minimum atomic E-state index is -2.49. The number of carbonyl (C=O) groups is 8. The number of amides is 4. The molecule has 7 aromatic rings. The number of carbonyl (C=O) groups excluding carboxylic acids is 8. The number of hydrogen-bond acceptors (Lipinski definition) is 33. The Morgan fingerprint density at radius 2 is 1.41 bits per heavy atom. The maximum Gasteiger partial charge on any atom is 0.410 e. The fraction of sp³-hybridized carbons (Fsp3) is 0.584. The van der Waals surface area contributed by atoms with Gasteiger partial charge >= 0.3 is 12.1 Å². The van der Waals surface area contributed by atoms with Crippen molar-refractivity contribution in [1.29, 1.82) is 0 Å². The van der Waals surface area contributed by atoms with Gasteiger partial charge in [0.15, 0.2) is 17.0 Å². The van der Waals surface area contributed by atoms with Gasteiger partial charge in [-0.2, -0.15) is 10.1 Å². The van der Waals surface area contributed by atoms with E-state index in [0.717, 1.165) is 39.9 Å². The van der Waals surface area contributed by atoms with Crippen molar-refractivity contribution in [3.05, 3.63) is 142 Å². The van der Waals surface area contributed by atoms with E-state index >= 15 is 0 Å². The summed E-state index contributed by atoms with van der Waals surface area (Å²) in [5.41, 5.74) is 21.8. The molecule has 5 aromatic heterocycles. The Balaban J connectivity index is 0.477. The standard InChI is InChI=1S/C101H135N17O21/c1-61-16-12-11-13-17-62(2)82(129-8)52-75-24-19-67(7)101(128,139-75)91(123)95(125)117-31-15-14-18-78(117)96(126)136-83(53-79(119)63(3)47-66(6)89(122)90(131-10)88(121)65(5)46-61)64(4)48-68-21-25-81(84(50-68)130-9)138-100(127)116-33-28-76-74(59-116)56-107-99(111-76)114-36-34-113(35-37-114)98-105-54-73(55-106-98)94(124)104-30-39-133-41-43-135-45-44-134-42-40-132-38-29-85(120)115-32-27-70-49-69(20-22-72(70)58-115)57-118-93-86(92(102)108-60-109-93)87(112-118)71-23-26-80-77(51-71)110-97(103)137-80/h11-13,16-17,20,22-23,26,47,49,51,54-56,60-61,63-65,67-68,75,78,81-84,89-90,122,128H,14-15,18-19,21,24-25,27-46,48,50,52-53,57-59H2,1-10H3,(H2,103,110)(H,104,124)(H2,102,108,109)/b13-11?,16-12+,62-17?,66-47+/t61-,63-,64-,65-,67-,68+,75+,78+,81-,82+,83+,84-,89-,90+,101-/m1/s1. The molecule has 14 rings (SSSR count). The molecule has 38 heteroatoms. The van der Waals surface area contributed by atoms with Crippen LogP contribution in [0, 0.1) is 35.5 Å². The van der Waals surface area contributed by atoms with Crippen molar-refractivity contribution >= 4 is 93.0 Å². The summed E-state index contributed by atoms with van der Waals surface area (Å²) < 4.78 is 66.6. The second kappa shape index (κ2) is 48.6. The second-order valence-electron chi connectivity index (χ2n) is 37.8. The predicted molar refractivity (Wildman–Crippen MR) is 514 cm³/mol. The number of nitrogens with two attached hydrogens (primary N) is 2. The molecule has 11 heterocycles. The highest BCUT2D eigenvalue weighted by molar-refractivity contribution is 6.39. The van der Waals surface area contributed by atoms with E-state index in [-0.39, 0.29) is 99.8 Å². The van der Waals surface area contributed by atoms with E-state index in [1.54, 1.807) is 65.2 Å². The van der Waals surface area contributed by atoms with Crippen LogP contribution in [0.25, 0.3) is 33.4 Å². The first kappa shape index (κ1) is 103. The Hall–Kier alpha value is -11.5. The van der Waals surface area contributed by atoms with Gasteiger partial charge in [0, 0.05) is 147 Å². The van der Waals surface area contributed by atoms with Gasteiger partial charge in [-0.15, -0.1) is 0 Å². The van der Waals surface area contributed by atoms with E-state index in [0.29, 0.717) is 213 Å². The minimum Gasteiger partial charge on any atom is -0.460 e. The lowest BCUT2D eigenvalue weighted by molar-refractivity contribution is -0.265. The molecule has 750 valence electrons. The number of ketones is 3. The molecule has 2 bridgehead atoms. The number of oxazole rings is 1. The number of esters is 1. The Bertz CT molecular complexity index is 5560. The van der Waals surface area contributed by atoms with Gasteiger partial charge in [-0.1, -0.05) is 89.3 Å². The van der Waals surface area contributed by atoms with Crippen LogP contribution in [0.4, 0.5) is 28.5 Å². The number of ether oxygens (including phenoxy) is 10. The van der Waals surface area contributed by atoms with Gasteiger partial charge in [0.1, 0.15) is 59.6 Å². The van der Waals surface area contributed by atoms with Crippen molar-refractivity contribution in [2.75, 3.05) is 148 Å². The van der Waals surface area contributed by atoms with Crippen LogP contribution in [-0.2, 0) is 109 Å². The zero-order chi connectivity index (χ0) is 98.6. The summed E-state index contributed by atoms with van der Waals surface area (Å²) in [5, 5.41) is 32.4. The number of aliphatic hydroxyl groups is 2. The van der Waals surface area contributed by atoms with Crippen molar-refractivity contribution < 1.29 is 100 Å². The number of allylic oxidation sites excluding steroid dienone is 6. The van der Waals surface area contributed by atoms with Gasteiger partial charge in [0.25, 0.3) is 23.6 Å². The number of aromatic nitrogens is 9. The van der Waals surface area contributed by atoms with Crippen molar-refractivity contribution in [1.82, 2.24) is 64.7 Å². The number of aliphatic hydroxyl groups excluding tert-OH is 1. The van der Waals surface area contributed by atoms with E-state index < -0.39 is 102 Å². The monoisotopic (exact) mass is 1920 g/mol. The fourth-order valence-electron chi connectivity index (χ4n) is 19.7. The number of hydrogen-bond donors (Lipinski definition) is 5. The molecule has 139 heavy (non-hydrogen) atoms. The lowest BCUT2D eigenvalue weighted by Crippen LogP contribution is -2.61. The second-order valence-corrected chi connectivity index (χ2v) is 37.8. The number of piperazine rings is 1. The number of Topliss-reactive ketones (excluding diaryl/α,β-unsaturated/α-hetero) is 3. The Labute approximate surface area is 810 Å². The fourth-order valence-corrected chi connectivity index (χ4v) is 19.7. The summed E-state index contributed by atoms with van der Waals surface area (Å²) in [6.07, 6.45) is 17.0. The summed E-state index contributed by atoms with van der Waals surface area (Å²) in [7, 11) is 4.52. The Kier molecular flexibility index (Phi) is 36.2. The molecule has 1 saturated carbocycles. The van der Waals surface area contributed by atoms with Crippen LogP contribution in [0.3, 0.4) is 0 Å². The highest BCUT2D eigenvalue weighted by Crippen LogP contribution is 2.41. The van der Waals surface area contributed by atoms with Crippen LogP contribution in [0.1, 0.15) is 170 Å². The number of methoxy groups -OCH3 is 3. The molecule has 4 amide bonds. The number of nitrogens with zero attached hydrogens (tertiary/aromatic N) is 14. The average Bonchev–Trinajstić information content (AvgIpc) is 1.74. The van der Waals surface area contributed by atoms with Crippen LogP contribution in [0.5, 0.6) is 0 Å². The maximum absolute atomic E-state index is 14.9. The average molecular weight is 1920 g/mol. The predicted octanol–water partition coefficient (Wildman–Crippen LogP) is 9.22. The largest absolute Gasteiger partial charge is 0.460 e. The molecule has 2 aromatic carbocycles. The van der Waals surface area contributed by atoms with E-state index in [9.17, 15) is 48.6 Å². The van der Waals surface area contributed by atoms with E-state index in [2.05, 4.69) is 53.3 Å². The van der Waals surface area contributed by atoms with Crippen LogP contribution in [0.2, 0.25) is 0 Å². The molecule has 15 atom stereocenters. The van der Waals surface area contributed by atoms with Crippen molar-refractivity contribution in [2.45, 2.75) is 219 Å². The van der Waals surface area contributed by atoms with Crippen LogP contribution >= 0.6 is 0 Å². The Morgan fingerprint density at radius 3 is 2.15 bits per heavy atom. The molecule has 7 aliphatic rings. The molecule has 38 nitrogen and oxygen atoms in total. The number of piperidine rings is 1. The molecule has 4 fully saturated rings. The van der Waals surface area contributed by atoms with Gasteiger partial charge in [-0.25, -0.2) is 44.2 Å². The third-order valence-corrected chi connectivity index (χ3v) is 27.9. The minimum absolute atomic E-state index is 0.0256. The summed E-state index contributed by atoms with van der Waals surface area (Å²) in [4.78, 5) is 154. The Morgan fingerprint density at radius 1 is 0.691 bits per heavy atom. The number of cyclic esters (lactones) is 1. The number of nitrogens with one attached hydrogen (secondary N) is 1. The summed E-state index contributed by atoms with van der Waals surface area (Å²) in [5.74, 6) is -7.66. The molecule has 1 aliphatic carbocycles. The zero-order valence-corrected chi connectivity index (χ0v) is 81.4. The van der Waals surface area contributed by atoms with Gasteiger partial charge in [-0.3, -0.25) is 28.8 Å². The molecule has 6 aliphatic heterocycles. The van der Waals surface area contributed by atoms with Crippen molar-refractivity contribution in [2.24, 2.45) is 35.5 Å². The first-order valence-corrected chi connectivity index (χ1v) is 48.8. The normalized spacial score (nSPS) is 26.2. The van der Waals surface area contributed by atoms with Gasteiger partial charge in [0.05, 0.1) is 107 Å². The zero-order valence-electron chi connectivity index (χ0n) is 81.4. The van der Waals surface area contributed by atoms with Gasteiger partial charge in [-0.05, 0) is 148 Å². The third-order valence-electron chi connectivity index (χ3n) is 27.9. The molecule has 0 unspecified atom stereocenters. The molecule has 3 saturated heterocycles. The molecule has 7 N–H and O–H groups in total. The molecular weight excluding hydrogens is 1790 g/mol. The SMILES string of the molecule is CO[C@H]1C[C@@H]2CC[C@@H](C)[C@@](O)(O2)C(=O)C(=O)N2CCCC[C@H]2C(=O)O[C@H]([C@H](C)C[C@@H]2CC[C@@H](OC(=O)N3CCc4nc(N5CCN(c6ncc(C(=O)NCCOCCOCCOCCOCCC(=O)N7CCc8cc(Cn9nc(-c%10ccc%11oc(N)nc%11c%10)c%10c(N)ncnc%109)ccc8C7)cn6)CC5)ncc4C3)[C@H](OC)C2)CC(=O)[C@H](C)/C=C(\C)[C@@H](O)[C@@H](OC)C(=O)[C@H](C)C[C@H](C)/C=C/C=CC=C1C. The smallest absolute Gasteiger partial charge is 0.410 e. The molecule has 0 spiro atoms. The quantitative estimate of drug-likeness (QED) is 0.0132. The van der Waals surface area contributed by atoms with E-state index in [4.69, 9.17) is 78.3 Å². The van der Waals surface area contributed by atoms with E-state index in [1.165, 1.54) is 36.3 Å². The van der Waals surface area contributed by atoms with Crippen LogP contribution in [0.15, 0.2) is 113 Å². The highest BCUT2D eigenvalue weighted by atomic mass is 16.6. The summed E-state index contributed by atoms with van der Waals surface area (Å²) in [6, 6.07) is 10.7. The first-order chi connectivity index (χ1) is 67.0. The number of fused-ring (bicyclic) bond motifs is 7. The number of anilines is 4. The highest BCUT2D eigenvalue weighted by Gasteiger charge is 2.54. The van der Waals surface area contributed by atoms with Crippen molar-refractivity contribution in [3.63, 3.8) is 0 Å². The number of nitrogen functional groups attached to an aromatic ring is 2. The van der Waals surface area contributed by atoms with Gasteiger partial charge < -0.3 is 103 Å². The number of rotatable bonds is 28. The number of benzene rings is 2. The summed E-state index contributed by atoms with van der Waals surface area (Å²) >= 11 is 0. The lowest BCUT2D eigenvalue weighted by atomic mass is 9.78.